The molecule has 3 rings (SSSR count). The molecule has 1 amide bonds. The highest BCUT2D eigenvalue weighted by atomic mass is 16.1. The highest BCUT2D eigenvalue weighted by Gasteiger charge is 2.05. The third-order valence-corrected chi connectivity index (χ3v) is 2.97. The fourth-order valence-electron chi connectivity index (χ4n) is 1.90. The van der Waals surface area contributed by atoms with Crippen molar-refractivity contribution in [2.75, 3.05) is 5.32 Å². The molecule has 1 N–H and O–H groups in total. The largest absolute Gasteiger partial charge is 0.322 e. The quantitative estimate of drug-likeness (QED) is 0.792. The molecule has 0 aliphatic rings. The normalized spacial score (nSPS) is 10.3. The predicted octanol–water partition coefficient (Wildman–Crippen LogP) is 1.97. The maximum atomic E-state index is 12.0. The van der Waals surface area contributed by atoms with Crippen molar-refractivity contribution in [1.29, 1.82) is 0 Å². The summed E-state index contributed by atoms with van der Waals surface area (Å²) in [5, 5.41) is 6.89. The molecule has 6 heteroatoms. The molecule has 0 unspecified atom stereocenters. The number of nitrogens with zero attached hydrogens (tertiary/aromatic N) is 4. The van der Waals surface area contributed by atoms with Gasteiger partial charge < -0.3 is 5.32 Å². The van der Waals surface area contributed by atoms with Crippen molar-refractivity contribution < 1.29 is 4.79 Å². The second-order valence-electron chi connectivity index (χ2n) is 4.48. The Morgan fingerprint density at radius 1 is 1.05 bits per heavy atom. The van der Waals surface area contributed by atoms with Crippen LogP contribution in [0.25, 0.3) is 0 Å². The minimum Gasteiger partial charge on any atom is -0.322 e. The van der Waals surface area contributed by atoms with Gasteiger partial charge in [-0.15, -0.1) is 0 Å². The Kier molecular flexibility index (Phi) is 3.68. The highest BCUT2D eigenvalue weighted by molar-refractivity contribution is 6.04. The van der Waals surface area contributed by atoms with E-state index >= 15 is 0 Å². The molecule has 21 heavy (non-hydrogen) atoms. The Hall–Kier alpha value is -3.02. The van der Waals surface area contributed by atoms with E-state index in [9.17, 15) is 4.79 Å². The molecule has 0 aliphatic carbocycles. The Bertz CT molecular complexity index is 708. The van der Waals surface area contributed by atoms with E-state index in [-0.39, 0.29) is 5.91 Å². The van der Waals surface area contributed by atoms with E-state index in [1.807, 2.05) is 24.3 Å². The molecule has 3 aromatic rings. The summed E-state index contributed by atoms with van der Waals surface area (Å²) in [6.45, 7) is 0.651. The lowest BCUT2D eigenvalue weighted by Crippen LogP contribution is -2.11. The summed E-state index contributed by atoms with van der Waals surface area (Å²) in [5.41, 5.74) is 2.42. The fraction of sp³-hybridized carbons (Fsp3) is 0.0667. The molecule has 2 aromatic heterocycles. The van der Waals surface area contributed by atoms with Gasteiger partial charge in [-0.1, -0.05) is 12.1 Å². The van der Waals surface area contributed by atoms with Gasteiger partial charge in [-0.3, -0.25) is 9.78 Å². The van der Waals surface area contributed by atoms with E-state index in [2.05, 4.69) is 20.4 Å². The first kappa shape index (κ1) is 13.0. The summed E-state index contributed by atoms with van der Waals surface area (Å²) < 4.78 is 1.74. The Morgan fingerprint density at radius 3 is 2.48 bits per heavy atom. The van der Waals surface area contributed by atoms with Gasteiger partial charge >= 0.3 is 0 Å². The number of rotatable bonds is 4. The van der Waals surface area contributed by atoms with Gasteiger partial charge in [0.25, 0.3) is 5.91 Å². The van der Waals surface area contributed by atoms with Crippen molar-refractivity contribution in [3.8, 4) is 0 Å². The van der Waals surface area contributed by atoms with Crippen LogP contribution in [-0.4, -0.2) is 25.7 Å². The van der Waals surface area contributed by atoms with Crippen LogP contribution in [0, 0.1) is 0 Å². The van der Waals surface area contributed by atoms with Crippen LogP contribution in [0.3, 0.4) is 0 Å². The number of carbonyl (C=O) groups is 1. The second kappa shape index (κ2) is 5.96. The fourth-order valence-corrected chi connectivity index (χ4v) is 1.90. The first-order valence-electron chi connectivity index (χ1n) is 6.44. The van der Waals surface area contributed by atoms with Crippen LogP contribution in [0.1, 0.15) is 15.9 Å². The number of pyridine rings is 1. The van der Waals surface area contributed by atoms with E-state index in [4.69, 9.17) is 0 Å². The van der Waals surface area contributed by atoms with E-state index < -0.39 is 0 Å². The zero-order chi connectivity index (χ0) is 14.5. The third kappa shape index (κ3) is 3.30. The Balaban J connectivity index is 1.66. The number of carbonyl (C=O) groups excluding carboxylic acids is 1. The van der Waals surface area contributed by atoms with E-state index in [0.29, 0.717) is 12.1 Å². The molecular formula is C15H13N5O. The van der Waals surface area contributed by atoms with Crippen LogP contribution in [0.4, 0.5) is 5.69 Å². The molecule has 104 valence electrons. The van der Waals surface area contributed by atoms with Crippen LogP contribution >= 0.6 is 0 Å². The van der Waals surface area contributed by atoms with Crippen molar-refractivity contribution >= 4 is 11.6 Å². The molecule has 1 aromatic carbocycles. The molecule has 0 radical (unpaired) electrons. The van der Waals surface area contributed by atoms with Crippen LogP contribution in [-0.2, 0) is 6.54 Å². The van der Waals surface area contributed by atoms with Crippen LogP contribution in [0.15, 0.2) is 61.4 Å². The zero-order valence-corrected chi connectivity index (χ0v) is 11.2. The van der Waals surface area contributed by atoms with Gasteiger partial charge in [-0.05, 0) is 29.8 Å². The number of amides is 1. The number of benzene rings is 1. The number of hydrogen-bond donors (Lipinski definition) is 1. The number of anilines is 1. The number of hydrogen-bond acceptors (Lipinski definition) is 4. The van der Waals surface area contributed by atoms with Gasteiger partial charge in [-0.2, -0.15) is 5.10 Å². The van der Waals surface area contributed by atoms with Crippen LogP contribution in [0.5, 0.6) is 0 Å². The van der Waals surface area contributed by atoms with Gasteiger partial charge in [0.2, 0.25) is 0 Å². The van der Waals surface area contributed by atoms with Crippen molar-refractivity contribution in [3.05, 3.63) is 72.6 Å². The molecule has 0 saturated carbocycles. The molecule has 6 nitrogen and oxygen atoms in total. The Morgan fingerprint density at radius 2 is 1.81 bits per heavy atom. The lowest BCUT2D eigenvalue weighted by atomic mass is 10.2. The van der Waals surface area contributed by atoms with Gasteiger partial charge in [0.05, 0.1) is 6.54 Å². The number of nitrogens with one attached hydrogen (secondary N) is 1. The lowest BCUT2D eigenvalue weighted by molar-refractivity contribution is 0.102. The molecule has 0 aliphatic heterocycles. The average Bonchev–Trinajstić information content (AvgIpc) is 3.03. The molecule has 2 heterocycles. The van der Waals surface area contributed by atoms with Crippen molar-refractivity contribution in [2.45, 2.75) is 6.54 Å². The maximum Gasteiger partial charge on any atom is 0.255 e. The minimum absolute atomic E-state index is 0.151. The van der Waals surface area contributed by atoms with Crippen LogP contribution in [0.2, 0.25) is 0 Å². The summed E-state index contributed by atoms with van der Waals surface area (Å²) in [7, 11) is 0. The van der Waals surface area contributed by atoms with Gasteiger partial charge in [0.1, 0.15) is 12.7 Å². The van der Waals surface area contributed by atoms with E-state index in [1.165, 1.54) is 6.33 Å². The minimum atomic E-state index is -0.151. The van der Waals surface area contributed by atoms with Gasteiger partial charge in [-0.25, -0.2) is 9.67 Å². The topological polar surface area (TPSA) is 72.7 Å². The zero-order valence-electron chi connectivity index (χ0n) is 11.2. The van der Waals surface area contributed by atoms with Crippen molar-refractivity contribution in [3.63, 3.8) is 0 Å². The van der Waals surface area contributed by atoms with Gasteiger partial charge in [0, 0.05) is 23.6 Å². The predicted molar refractivity (Wildman–Crippen MR) is 77.8 cm³/mol. The Labute approximate surface area is 121 Å². The second-order valence-corrected chi connectivity index (χ2v) is 4.48. The standard InChI is InChI=1S/C15H13N5O/c21-15(13-5-7-16-8-6-13)19-14-3-1-12(2-4-14)9-20-11-17-10-18-20/h1-8,10-11H,9H2,(H,19,21). The molecule has 0 saturated heterocycles. The molecule has 0 bridgehead atoms. The van der Waals surface area contributed by atoms with E-state index in [0.717, 1.165) is 11.3 Å². The van der Waals surface area contributed by atoms with E-state index in [1.54, 1.807) is 35.5 Å². The van der Waals surface area contributed by atoms with Crippen LogP contribution < -0.4 is 5.32 Å². The maximum absolute atomic E-state index is 12.0. The smallest absolute Gasteiger partial charge is 0.255 e. The SMILES string of the molecule is O=C(Nc1ccc(Cn2cncn2)cc1)c1ccncc1. The summed E-state index contributed by atoms with van der Waals surface area (Å²) >= 11 is 0. The van der Waals surface area contributed by atoms with Crippen molar-refractivity contribution in [2.24, 2.45) is 0 Å². The monoisotopic (exact) mass is 279 g/mol. The number of aromatic nitrogens is 4. The van der Waals surface area contributed by atoms with Crippen molar-refractivity contribution in [1.82, 2.24) is 19.7 Å². The summed E-state index contributed by atoms with van der Waals surface area (Å²) in [6, 6.07) is 11.0. The highest BCUT2D eigenvalue weighted by Crippen LogP contribution is 2.12. The van der Waals surface area contributed by atoms with Gasteiger partial charge in [0.15, 0.2) is 0 Å². The molecule has 0 spiro atoms. The summed E-state index contributed by atoms with van der Waals surface area (Å²) in [4.78, 5) is 19.8. The molecule has 0 atom stereocenters. The first-order valence-corrected chi connectivity index (χ1v) is 6.44. The third-order valence-electron chi connectivity index (χ3n) is 2.97. The first-order chi connectivity index (χ1) is 10.3. The summed E-state index contributed by atoms with van der Waals surface area (Å²) in [6.07, 6.45) is 6.36. The average molecular weight is 279 g/mol. The summed E-state index contributed by atoms with van der Waals surface area (Å²) in [5.74, 6) is -0.151. The molecule has 0 fully saturated rings. The lowest BCUT2D eigenvalue weighted by Gasteiger charge is -2.06. The molecular weight excluding hydrogens is 266 g/mol.